The molecule has 1 N–H and O–H groups in total. The van der Waals surface area contributed by atoms with Gasteiger partial charge in [0.2, 0.25) is 0 Å². The van der Waals surface area contributed by atoms with Crippen molar-refractivity contribution in [3.8, 4) is 0 Å². The molecule has 0 aliphatic rings. The van der Waals surface area contributed by atoms with E-state index < -0.39 is 0 Å². The molecule has 3 rings (SSSR count). The molecule has 2 aromatic heterocycles. The lowest BCUT2D eigenvalue weighted by Crippen LogP contribution is -2.15. The number of hydrogen-bond acceptors (Lipinski definition) is 2. The zero-order valence-corrected chi connectivity index (χ0v) is 11.5. The standard InChI is InChI=1S/C15H18N4/c1-10(2)15(19-7-6-16-9-19)12-4-5-13-14(8-12)18-11(3)17-13/h4-10,15H,1-3H3,(H,17,18). The van der Waals surface area contributed by atoms with Crippen molar-refractivity contribution < 1.29 is 0 Å². The summed E-state index contributed by atoms with van der Waals surface area (Å²) in [5, 5.41) is 0. The summed E-state index contributed by atoms with van der Waals surface area (Å²) in [4.78, 5) is 11.9. The third-order valence-corrected chi connectivity index (χ3v) is 3.44. The molecule has 0 spiro atoms. The van der Waals surface area contributed by atoms with Gasteiger partial charge >= 0.3 is 0 Å². The third kappa shape index (κ3) is 2.14. The summed E-state index contributed by atoms with van der Waals surface area (Å²) in [6, 6.07) is 6.74. The Kier molecular flexibility index (Phi) is 2.85. The van der Waals surface area contributed by atoms with Gasteiger partial charge in [-0.25, -0.2) is 9.97 Å². The van der Waals surface area contributed by atoms with E-state index in [1.807, 2.05) is 25.6 Å². The molecular formula is C15H18N4. The van der Waals surface area contributed by atoms with Gasteiger partial charge in [0.15, 0.2) is 0 Å². The fourth-order valence-corrected chi connectivity index (χ4v) is 2.67. The molecule has 0 aliphatic heterocycles. The first-order valence-electron chi connectivity index (χ1n) is 6.59. The lowest BCUT2D eigenvalue weighted by molar-refractivity contribution is 0.437. The average molecular weight is 254 g/mol. The van der Waals surface area contributed by atoms with Crippen molar-refractivity contribution in [2.24, 2.45) is 5.92 Å². The van der Waals surface area contributed by atoms with E-state index in [4.69, 9.17) is 0 Å². The molecule has 2 heterocycles. The lowest BCUT2D eigenvalue weighted by atomic mass is 9.95. The van der Waals surface area contributed by atoms with Gasteiger partial charge in [0, 0.05) is 12.4 Å². The maximum Gasteiger partial charge on any atom is 0.104 e. The molecule has 1 atom stereocenters. The highest BCUT2D eigenvalue weighted by Gasteiger charge is 2.18. The highest BCUT2D eigenvalue weighted by molar-refractivity contribution is 5.76. The Morgan fingerprint density at radius 3 is 2.79 bits per heavy atom. The van der Waals surface area contributed by atoms with Crippen LogP contribution in [0.25, 0.3) is 11.0 Å². The molecule has 0 radical (unpaired) electrons. The van der Waals surface area contributed by atoms with Gasteiger partial charge in [0.05, 0.1) is 23.4 Å². The average Bonchev–Trinajstić information content (AvgIpc) is 2.96. The highest BCUT2D eigenvalue weighted by Crippen LogP contribution is 2.28. The van der Waals surface area contributed by atoms with Gasteiger partial charge in [-0.1, -0.05) is 19.9 Å². The van der Waals surface area contributed by atoms with E-state index >= 15 is 0 Å². The van der Waals surface area contributed by atoms with Gasteiger partial charge in [-0.05, 0) is 30.5 Å². The molecule has 0 amide bonds. The van der Waals surface area contributed by atoms with E-state index in [0.717, 1.165) is 16.9 Å². The number of H-pyrrole nitrogens is 1. The van der Waals surface area contributed by atoms with Crippen LogP contribution in [0, 0.1) is 12.8 Å². The predicted molar refractivity (Wildman–Crippen MR) is 76.0 cm³/mol. The molecule has 1 aromatic carbocycles. The minimum Gasteiger partial charge on any atom is -0.342 e. The minimum atomic E-state index is 0.301. The van der Waals surface area contributed by atoms with Crippen LogP contribution >= 0.6 is 0 Å². The number of fused-ring (bicyclic) bond motifs is 1. The number of aromatic amines is 1. The van der Waals surface area contributed by atoms with E-state index in [2.05, 4.69) is 51.6 Å². The topological polar surface area (TPSA) is 46.5 Å². The summed E-state index contributed by atoms with van der Waals surface area (Å²) >= 11 is 0. The number of nitrogens with one attached hydrogen (secondary N) is 1. The van der Waals surface area contributed by atoms with Gasteiger partial charge in [-0.3, -0.25) is 0 Å². The van der Waals surface area contributed by atoms with Crippen molar-refractivity contribution in [3.63, 3.8) is 0 Å². The SMILES string of the molecule is Cc1nc2ccc(C(C(C)C)n3ccnc3)cc2[nH]1. The number of imidazole rings is 2. The number of aryl methyl sites for hydroxylation is 1. The van der Waals surface area contributed by atoms with Crippen molar-refractivity contribution >= 4 is 11.0 Å². The van der Waals surface area contributed by atoms with Crippen LogP contribution in [-0.4, -0.2) is 19.5 Å². The molecular weight excluding hydrogens is 236 g/mol. The van der Waals surface area contributed by atoms with Crippen molar-refractivity contribution in [1.82, 2.24) is 19.5 Å². The van der Waals surface area contributed by atoms with Crippen molar-refractivity contribution in [1.29, 1.82) is 0 Å². The summed E-state index contributed by atoms with van der Waals surface area (Å²) < 4.78 is 2.16. The first kappa shape index (κ1) is 12.0. The van der Waals surface area contributed by atoms with Gasteiger partial charge in [-0.2, -0.15) is 0 Å². The summed E-state index contributed by atoms with van der Waals surface area (Å²) in [6.45, 7) is 6.44. The van der Waals surface area contributed by atoms with E-state index in [1.54, 1.807) is 0 Å². The Morgan fingerprint density at radius 1 is 1.26 bits per heavy atom. The van der Waals surface area contributed by atoms with Crippen LogP contribution in [0.15, 0.2) is 36.9 Å². The van der Waals surface area contributed by atoms with Crippen molar-refractivity contribution in [2.75, 3.05) is 0 Å². The van der Waals surface area contributed by atoms with Crippen molar-refractivity contribution in [2.45, 2.75) is 26.8 Å². The van der Waals surface area contributed by atoms with E-state index in [1.165, 1.54) is 5.56 Å². The Bertz CT molecular complexity index is 679. The van der Waals surface area contributed by atoms with Gasteiger partial charge in [-0.15, -0.1) is 0 Å². The quantitative estimate of drug-likeness (QED) is 0.779. The fraction of sp³-hybridized carbons (Fsp3) is 0.333. The summed E-state index contributed by atoms with van der Waals surface area (Å²) in [6.07, 6.45) is 5.73. The monoisotopic (exact) mass is 254 g/mol. The minimum absolute atomic E-state index is 0.301. The molecule has 4 heteroatoms. The van der Waals surface area contributed by atoms with Crippen LogP contribution in [0.3, 0.4) is 0 Å². The summed E-state index contributed by atoms with van der Waals surface area (Å²) in [5.74, 6) is 1.45. The molecule has 19 heavy (non-hydrogen) atoms. The number of hydrogen-bond donors (Lipinski definition) is 1. The number of benzene rings is 1. The Balaban J connectivity index is 2.09. The van der Waals surface area contributed by atoms with E-state index in [-0.39, 0.29) is 0 Å². The zero-order valence-electron chi connectivity index (χ0n) is 11.5. The molecule has 98 valence electrons. The molecule has 1 unspecified atom stereocenters. The van der Waals surface area contributed by atoms with Gasteiger partial charge in [0.25, 0.3) is 0 Å². The van der Waals surface area contributed by atoms with Crippen molar-refractivity contribution in [3.05, 3.63) is 48.3 Å². The first-order valence-corrected chi connectivity index (χ1v) is 6.59. The Hall–Kier alpha value is -2.10. The fourth-order valence-electron chi connectivity index (χ4n) is 2.67. The predicted octanol–water partition coefficient (Wildman–Crippen LogP) is 3.31. The molecule has 3 aromatic rings. The maximum atomic E-state index is 4.45. The molecule has 4 nitrogen and oxygen atoms in total. The smallest absolute Gasteiger partial charge is 0.104 e. The second-order valence-electron chi connectivity index (χ2n) is 5.30. The zero-order chi connectivity index (χ0) is 13.4. The molecule has 0 fully saturated rings. The van der Waals surface area contributed by atoms with Crippen LogP contribution < -0.4 is 0 Å². The summed E-state index contributed by atoms with van der Waals surface area (Å²) in [7, 11) is 0. The lowest BCUT2D eigenvalue weighted by Gasteiger charge is -2.22. The molecule has 0 saturated carbocycles. The third-order valence-electron chi connectivity index (χ3n) is 3.44. The normalized spacial score (nSPS) is 13.3. The first-order chi connectivity index (χ1) is 9.15. The molecule has 0 saturated heterocycles. The van der Waals surface area contributed by atoms with Gasteiger partial charge < -0.3 is 9.55 Å². The maximum absolute atomic E-state index is 4.45. The van der Waals surface area contributed by atoms with Gasteiger partial charge in [0.1, 0.15) is 5.82 Å². The number of nitrogens with zero attached hydrogens (tertiary/aromatic N) is 3. The van der Waals surface area contributed by atoms with Crippen LogP contribution in [0.4, 0.5) is 0 Å². The van der Waals surface area contributed by atoms with Crippen LogP contribution in [0.5, 0.6) is 0 Å². The number of aromatic nitrogens is 4. The van der Waals surface area contributed by atoms with Crippen LogP contribution in [0.2, 0.25) is 0 Å². The molecule has 0 aliphatic carbocycles. The second kappa shape index (κ2) is 4.53. The largest absolute Gasteiger partial charge is 0.342 e. The van der Waals surface area contributed by atoms with Crippen LogP contribution in [-0.2, 0) is 0 Å². The van der Waals surface area contributed by atoms with E-state index in [0.29, 0.717) is 12.0 Å². The number of rotatable bonds is 3. The van der Waals surface area contributed by atoms with Crippen LogP contribution in [0.1, 0.15) is 31.3 Å². The van der Waals surface area contributed by atoms with E-state index in [9.17, 15) is 0 Å². The molecule has 0 bridgehead atoms. The highest BCUT2D eigenvalue weighted by atomic mass is 15.1. The Morgan fingerprint density at radius 2 is 2.11 bits per heavy atom. The second-order valence-corrected chi connectivity index (χ2v) is 5.30. The Labute approximate surface area is 112 Å². The summed E-state index contributed by atoms with van der Waals surface area (Å²) in [5.41, 5.74) is 3.40.